The molecule has 0 aromatic heterocycles. The molecule has 0 aliphatic heterocycles. The van der Waals surface area contributed by atoms with Crippen molar-refractivity contribution in [1.29, 1.82) is 0 Å². The molecule has 2 rings (SSSR count). The Hall–Kier alpha value is -2.94. The third-order valence-corrected chi connectivity index (χ3v) is 4.96. The minimum atomic E-state index is -4.14. The summed E-state index contributed by atoms with van der Waals surface area (Å²) in [7, 11) is -4.14. The lowest BCUT2D eigenvalue weighted by Crippen LogP contribution is -2.17. The second-order valence-electron chi connectivity index (χ2n) is 5.50. The number of esters is 1. The first-order chi connectivity index (χ1) is 12.2. The minimum Gasteiger partial charge on any atom is -0.466 e. The van der Waals surface area contributed by atoms with Gasteiger partial charge in [-0.25, -0.2) is 8.42 Å². The molecule has 2 aromatic carbocycles. The zero-order valence-corrected chi connectivity index (χ0v) is 15.1. The molecule has 0 amide bonds. The smallest absolute Gasteiger partial charge is 0.310 e. The topological polar surface area (TPSA) is 116 Å². The van der Waals surface area contributed by atoms with E-state index in [0.717, 1.165) is 17.7 Å². The Morgan fingerprint density at radius 1 is 1.19 bits per heavy atom. The van der Waals surface area contributed by atoms with Gasteiger partial charge in [-0.05, 0) is 31.5 Å². The Kier molecular flexibility index (Phi) is 5.93. The van der Waals surface area contributed by atoms with E-state index >= 15 is 0 Å². The van der Waals surface area contributed by atoms with Crippen LogP contribution in [0.1, 0.15) is 18.1 Å². The number of carbonyl (C=O) groups excluding carboxylic acids is 1. The molecule has 0 aliphatic carbocycles. The Labute approximate surface area is 151 Å². The number of sulfonamides is 1. The van der Waals surface area contributed by atoms with Gasteiger partial charge in [-0.3, -0.25) is 19.6 Å². The van der Waals surface area contributed by atoms with E-state index in [2.05, 4.69) is 4.72 Å². The zero-order chi connectivity index (χ0) is 19.3. The van der Waals surface area contributed by atoms with Gasteiger partial charge < -0.3 is 4.74 Å². The van der Waals surface area contributed by atoms with Crippen molar-refractivity contribution < 1.29 is 22.9 Å². The highest BCUT2D eigenvalue weighted by molar-refractivity contribution is 7.92. The summed E-state index contributed by atoms with van der Waals surface area (Å²) in [6.07, 6.45) is -0.310. The van der Waals surface area contributed by atoms with Gasteiger partial charge in [-0.2, -0.15) is 0 Å². The number of ether oxygens (including phenoxy) is 1. The number of hydrogen-bond donors (Lipinski definition) is 1. The first-order valence-electron chi connectivity index (χ1n) is 7.75. The predicted molar refractivity (Wildman–Crippen MR) is 95.4 cm³/mol. The quantitative estimate of drug-likeness (QED) is 0.450. The Morgan fingerprint density at radius 2 is 1.85 bits per heavy atom. The molecule has 0 bridgehead atoms. The molecule has 8 nitrogen and oxygen atoms in total. The molecule has 0 saturated carbocycles. The van der Waals surface area contributed by atoms with E-state index in [0.29, 0.717) is 5.69 Å². The molecule has 0 spiro atoms. The van der Waals surface area contributed by atoms with Crippen LogP contribution < -0.4 is 4.72 Å². The molecule has 0 atom stereocenters. The summed E-state index contributed by atoms with van der Waals surface area (Å²) in [4.78, 5) is 21.7. The van der Waals surface area contributed by atoms with Crippen LogP contribution in [0.5, 0.6) is 0 Å². The monoisotopic (exact) mass is 378 g/mol. The van der Waals surface area contributed by atoms with Crippen LogP contribution in [0.15, 0.2) is 47.4 Å². The van der Waals surface area contributed by atoms with E-state index in [4.69, 9.17) is 4.74 Å². The van der Waals surface area contributed by atoms with E-state index in [1.54, 1.807) is 31.2 Å². The van der Waals surface area contributed by atoms with Crippen LogP contribution >= 0.6 is 0 Å². The number of nitro benzene ring substituents is 1. The molecular weight excluding hydrogens is 360 g/mol. The molecule has 0 unspecified atom stereocenters. The van der Waals surface area contributed by atoms with Crippen LogP contribution in [0.2, 0.25) is 0 Å². The van der Waals surface area contributed by atoms with Crippen molar-refractivity contribution >= 4 is 27.4 Å². The molecule has 0 aliphatic rings. The predicted octanol–water partition coefficient (Wildman–Crippen LogP) is 2.81. The van der Waals surface area contributed by atoms with Gasteiger partial charge >= 0.3 is 5.97 Å². The molecule has 2 aromatic rings. The highest BCUT2D eigenvalue weighted by Crippen LogP contribution is 2.25. The number of rotatable bonds is 7. The van der Waals surface area contributed by atoms with Gasteiger partial charge in [0.15, 0.2) is 0 Å². The number of non-ortho nitro benzene ring substituents is 1. The molecule has 9 heteroatoms. The Morgan fingerprint density at radius 3 is 2.42 bits per heavy atom. The van der Waals surface area contributed by atoms with E-state index < -0.39 is 20.9 Å². The number of anilines is 1. The molecule has 0 heterocycles. The van der Waals surface area contributed by atoms with Crippen LogP contribution in [0.4, 0.5) is 11.4 Å². The van der Waals surface area contributed by atoms with Crippen molar-refractivity contribution in [2.75, 3.05) is 11.3 Å². The van der Waals surface area contributed by atoms with Crippen LogP contribution in [0.3, 0.4) is 0 Å². The maximum atomic E-state index is 12.7. The van der Waals surface area contributed by atoms with Crippen molar-refractivity contribution in [3.63, 3.8) is 0 Å². The zero-order valence-electron chi connectivity index (χ0n) is 14.3. The summed E-state index contributed by atoms with van der Waals surface area (Å²) in [6.45, 7) is 3.64. The maximum Gasteiger partial charge on any atom is 0.310 e. The van der Waals surface area contributed by atoms with Gasteiger partial charge in [-0.15, -0.1) is 0 Å². The summed E-state index contributed by atoms with van der Waals surface area (Å²) >= 11 is 0. The molecule has 138 valence electrons. The van der Waals surface area contributed by atoms with E-state index in [9.17, 15) is 23.3 Å². The van der Waals surface area contributed by atoms with Crippen LogP contribution in [-0.2, 0) is 26.0 Å². The van der Waals surface area contributed by atoms with E-state index in [1.165, 1.54) is 6.07 Å². The average Bonchev–Trinajstić information content (AvgIpc) is 2.57. The maximum absolute atomic E-state index is 12.7. The highest BCUT2D eigenvalue weighted by Gasteiger charge is 2.24. The lowest BCUT2D eigenvalue weighted by molar-refractivity contribution is -0.385. The number of benzene rings is 2. The standard InChI is InChI=1S/C17H18N2O6S/c1-3-25-17(20)10-13-6-9-15(19(21)22)11-16(13)26(23,24)18-14-7-4-12(2)5-8-14/h4-9,11,18H,3,10H2,1-2H3. The third-order valence-electron chi connectivity index (χ3n) is 3.49. The van der Waals surface area contributed by atoms with Gasteiger partial charge in [0.2, 0.25) is 0 Å². The fourth-order valence-electron chi connectivity index (χ4n) is 2.25. The number of hydrogen-bond acceptors (Lipinski definition) is 6. The first-order valence-corrected chi connectivity index (χ1v) is 9.23. The molecule has 26 heavy (non-hydrogen) atoms. The Bertz CT molecular complexity index is 923. The van der Waals surface area contributed by atoms with Gasteiger partial charge in [0.1, 0.15) is 0 Å². The number of nitrogens with zero attached hydrogens (tertiary/aromatic N) is 1. The van der Waals surface area contributed by atoms with Crippen molar-refractivity contribution in [1.82, 2.24) is 0 Å². The van der Waals surface area contributed by atoms with Crippen LogP contribution in [0, 0.1) is 17.0 Å². The molecule has 0 saturated heterocycles. The number of nitro groups is 1. The molecule has 1 N–H and O–H groups in total. The second kappa shape index (κ2) is 7.96. The summed E-state index contributed by atoms with van der Waals surface area (Å²) in [5, 5.41) is 11.0. The fraction of sp³-hybridized carbons (Fsp3) is 0.235. The van der Waals surface area contributed by atoms with Crippen LogP contribution in [0.25, 0.3) is 0 Å². The van der Waals surface area contributed by atoms with Crippen molar-refractivity contribution in [2.45, 2.75) is 25.2 Å². The number of aryl methyl sites for hydroxylation is 1. The number of nitrogens with one attached hydrogen (secondary N) is 1. The molecular formula is C17H18N2O6S. The SMILES string of the molecule is CCOC(=O)Cc1ccc([N+](=O)[O-])cc1S(=O)(=O)Nc1ccc(C)cc1. The van der Waals surface area contributed by atoms with Gasteiger partial charge in [0.05, 0.1) is 22.8 Å². The average molecular weight is 378 g/mol. The summed E-state index contributed by atoms with van der Waals surface area (Å²) in [5.74, 6) is -0.617. The normalized spacial score (nSPS) is 11.0. The van der Waals surface area contributed by atoms with Crippen molar-refractivity contribution in [3.8, 4) is 0 Å². The summed E-state index contributed by atoms with van der Waals surface area (Å²) in [6, 6.07) is 9.95. The first kappa shape index (κ1) is 19.4. The lowest BCUT2D eigenvalue weighted by atomic mass is 10.1. The largest absolute Gasteiger partial charge is 0.466 e. The van der Waals surface area contributed by atoms with Gasteiger partial charge in [-0.1, -0.05) is 23.8 Å². The fourth-order valence-corrected chi connectivity index (χ4v) is 3.57. The van der Waals surface area contributed by atoms with Crippen molar-refractivity contribution in [3.05, 3.63) is 63.7 Å². The lowest BCUT2D eigenvalue weighted by Gasteiger charge is -2.12. The van der Waals surface area contributed by atoms with E-state index in [1.807, 2.05) is 6.92 Å². The van der Waals surface area contributed by atoms with E-state index in [-0.39, 0.29) is 29.2 Å². The molecule has 0 radical (unpaired) electrons. The van der Waals surface area contributed by atoms with Crippen molar-refractivity contribution in [2.24, 2.45) is 0 Å². The summed E-state index contributed by atoms with van der Waals surface area (Å²) in [5.41, 5.74) is 0.992. The highest BCUT2D eigenvalue weighted by atomic mass is 32.2. The summed E-state index contributed by atoms with van der Waals surface area (Å²) < 4.78 is 32.7. The number of carbonyl (C=O) groups is 1. The third kappa shape index (κ3) is 4.79. The molecule has 0 fully saturated rings. The van der Waals surface area contributed by atoms with Crippen LogP contribution in [-0.4, -0.2) is 25.9 Å². The Balaban J connectivity index is 2.45. The van der Waals surface area contributed by atoms with Gasteiger partial charge in [0, 0.05) is 17.8 Å². The minimum absolute atomic E-state index is 0.119. The van der Waals surface area contributed by atoms with Gasteiger partial charge in [0.25, 0.3) is 15.7 Å². The second-order valence-corrected chi connectivity index (χ2v) is 7.15.